The molecular weight excluding hydrogens is 408 g/mol. The van der Waals surface area contributed by atoms with Crippen LogP contribution in [0, 0.1) is 0 Å². The smallest absolute Gasteiger partial charge is 0.252 e. The first-order chi connectivity index (χ1) is 15.6. The second-order valence-corrected chi connectivity index (χ2v) is 7.46. The van der Waals surface area contributed by atoms with E-state index in [1.54, 1.807) is 46.5 Å². The number of pyridine rings is 2. The number of carbonyl (C=O) groups is 1. The van der Waals surface area contributed by atoms with Crippen molar-refractivity contribution in [2.75, 3.05) is 0 Å². The summed E-state index contributed by atoms with van der Waals surface area (Å²) in [4.78, 5) is 26.3. The van der Waals surface area contributed by atoms with Crippen LogP contribution in [0.4, 0.5) is 0 Å². The summed E-state index contributed by atoms with van der Waals surface area (Å²) in [5.41, 5.74) is 2.48. The highest BCUT2D eigenvalue weighted by molar-refractivity contribution is 6.06. The van der Waals surface area contributed by atoms with Gasteiger partial charge in [0.1, 0.15) is 18.3 Å². The van der Waals surface area contributed by atoms with Gasteiger partial charge in [-0.2, -0.15) is 10.2 Å². The van der Waals surface area contributed by atoms with Gasteiger partial charge in [0.2, 0.25) is 0 Å². The number of hydrogen-bond donors (Lipinski definition) is 1. The third-order valence-electron chi connectivity index (χ3n) is 5.02. The van der Waals surface area contributed by atoms with Crippen LogP contribution in [-0.4, -0.2) is 40.4 Å². The molecule has 0 unspecified atom stereocenters. The predicted octanol–water partition coefficient (Wildman–Crippen LogP) is 3.18. The first kappa shape index (κ1) is 19.6. The Morgan fingerprint density at radius 3 is 2.88 bits per heavy atom. The van der Waals surface area contributed by atoms with Crippen molar-refractivity contribution in [3.05, 3.63) is 72.8 Å². The summed E-state index contributed by atoms with van der Waals surface area (Å²) in [6.45, 7) is 4.29. The fourth-order valence-electron chi connectivity index (χ4n) is 3.50. The number of furan rings is 1. The average Bonchev–Trinajstić information content (AvgIpc) is 3.58. The fourth-order valence-corrected chi connectivity index (χ4v) is 3.50. The molecule has 5 aromatic heterocycles. The van der Waals surface area contributed by atoms with Crippen molar-refractivity contribution in [3.8, 4) is 17.3 Å². The molecule has 0 fully saturated rings. The van der Waals surface area contributed by atoms with Gasteiger partial charge in [-0.05, 0) is 38.1 Å². The molecule has 1 N–H and O–H groups in total. The van der Waals surface area contributed by atoms with Gasteiger partial charge in [-0.3, -0.25) is 4.79 Å². The van der Waals surface area contributed by atoms with Crippen molar-refractivity contribution in [1.82, 2.24) is 39.8 Å². The van der Waals surface area contributed by atoms with Crippen LogP contribution in [0.1, 0.15) is 35.8 Å². The summed E-state index contributed by atoms with van der Waals surface area (Å²) in [6, 6.07) is 9.11. The Kier molecular flexibility index (Phi) is 4.94. The molecule has 0 aliphatic rings. The Morgan fingerprint density at radius 1 is 1.22 bits per heavy atom. The number of fused-ring (bicyclic) bond motifs is 1. The zero-order valence-corrected chi connectivity index (χ0v) is 17.5. The van der Waals surface area contributed by atoms with E-state index in [-0.39, 0.29) is 18.5 Å². The molecule has 0 aliphatic carbocycles. The minimum atomic E-state index is -0.248. The van der Waals surface area contributed by atoms with Crippen LogP contribution in [0.2, 0.25) is 0 Å². The van der Waals surface area contributed by atoms with Gasteiger partial charge < -0.3 is 9.73 Å². The van der Waals surface area contributed by atoms with Crippen LogP contribution in [-0.2, 0) is 6.54 Å². The minimum Gasteiger partial charge on any atom is -0.463 e. The highest BCUT2D eigenvalue weighted by Gasteiger charge is 2.20. The first-order valence-electron chi connectivity index (χ1n) is 10.1. The lowest BCUT2D eigenvalue weighted by atomic mass is 10.1. The van der Waals surface area contributed by atoms with Gasteiger partial charge in [0.05, 0.1) is 23.4 Å². The van der Waals surface area contributed by atoms with Crippen LogP contribution in [0.15, 0.2) is 66.1 Å². The van der Waals surface area contributed by atoms with Gasteiger partial charge in [-0.1, -0.05) is 6.07 Å². The van der Waals surface area contributed by atoms with Gasteiger partial charge >= 0.3 is 0 Å². The quantitative estimate of drug-likeness (QED) is 0.441. The van der Waals surface area contributed by atoms with Crippen molar-refractivity contribution in [2.45, 2.75) is 26.4 Å². The van der Waals surface area contributed by atoms with Gasteiger partial charge in [0.25, 0.3) is 5.91 Å². The summed E-state index contributed by atoms with van der Waals surface area (Å²) >= 11 is 0. The van der Waals surface area contributed by atoms with Crippen molar-refractivity contribution in [3.63, 3.8) is 0 Å². The molecule has 10 heteroatoms. The number of rotatable bonds is 6. The molecule has 5 heterocycles. The molecular formula is C22H20N8O2. The maximum atomic E-state index is 13.3. The zero-order chi connectivity index (χ0) is 22.1. The van der Waals surface area contributed by atoms with E-state index in [9.17, 15) is 4.79 Å². The van der Waals surface area contributed by atoms with Crippen LogP contribution >= 0.6 is 0 Å². The van der Waals surface area contributed by atoms with E-state index in [0.29, 0.717) is 33.9 Å². The SMILES string of the molecule is CC(C)n1ncc2c(C(=O)NCc3cccnc3-n3cncn3)cc(-c3ccco3)nc21. The van der Waals surface area contributed by atoms with Crippen molar-refractivity contribution in [2.24, 2.45) is 0 Å². The number of nitrogens with one attached hydrogen (secondary N) is 1. The van der Waals surface area contributed by atoms with Crippen LogP contribution < -0.4 is 5.32 Å². The third kappa shape index (κ3) is 3.51. The topological polar surface area (TPSA) is 117 Å². The van der Waals surface area contributed by atoms with E-state index < -0.39 is 0 Å². The Bertz CT molecular complexity index is 1370. The van der Waals surface area contributed by atoms with E-state index in [0.717, 1.165) is 5.56 Å². The standard InChI is InChI=1S/C22H20N8O2/c1-14(2)30-21-17(11-26-30)16(9-18(28-21)19-6-4-8-32-19)22(31)25-10-15-5-3-7-24-20(15)29-13-23-12-27-29/h3-9,11-14H,10H2,1-2H3,(H,25,31). The van der Waals surface area contributed by atoms with Crippen molar-refractivity contribution >= 4 is 16.9 Å². The van der Waals surface area contributed by atoms with Crippen molar-refractivity contribution < 1.29 is 9.21 Å². The normalized spacial score (nSPS) is 11.3. The highest BCUT2D eigenvalue weighted by Crippen LogP contribution is 2.26. The first-order valence-corrected chi connectivity index (χ1v) is 10.1. The Balaban J connectivity index is 1.50. The lowest BCUT2D eigenvalue weighted by Crippen LogP contribution is -2.24. The molecule has 5 aromatic rings. The van der Waals surface area contributed by atoms with E-state index in [1.165, 1.54) is 6.33 Å². The summed E-state index contributed by atoms with van der Waals surface area (Å²) < 4.78 is 8.88. The van der Waals surface area contributed by atoms with Gasteiger partial charge in [0.15, 0.2) is 17.2 Å². The lowest BCUT2D eigenvalue weighted by molar-refractivity contribution is 0.0952. The molecule has 0 aliphatic heterocycles. The number of hydrogen-bond acceptors (Lipinski definition) is 7. The van der Waals surface area contributed by atoms with Crippen LogP contribution in [0.5, 0.6) is 0 Å². The number of aromatic nitrogens is 7. The molecule has 0 aromatic carbocycles. The molecule has 0 atom stereocenters. The third-order valence-corrected chi connectivity index (χ3v) is 5.02. The molecule has 10 nitrogen and oxygen atoms in total. The number of nitrogens with zero attached hydrogens (tertiary/aromatic N) is 7. The van der Waals surface area contributed by atoms with E-state index in [2.05, 4.69) is 25.5 Å². The lowest BCUT2D eigenvalue weighted by Gasteiger charge is -2.11. The second kappa shape index (κ2) is 8.06. The van der Waals surface area contributed by atoms with Gasteiger partial charge in [0, 0.05) is 24.3 Å². The minimum absolute atomic E-state index is 0.0865. The van der Waals surface area contributed by atoms with E-state index in [1.807, 2.05) is 32.0 Å². The largest absolute Gasteiger partial charge is 0.463 e. The summed E-state index contributed by atoms with van der Waals surface area (Å²) in [6.07, 6.45) is 7.93. The molecule has 0 radical (unpaired) electrons. The van der Waals surface area contributed by atoms with Gasteiger partial charge in [-0.15, -0.1) is 0 Å². The Labute approximate surface area is 182 Å². The summed E-state index contributed by atoms with van der Waals surface area (Å²) in [5.74, 6) is 0.939. The predicted molar refractivity (Wildman–Crippen MR) is 116 cm³/mol. The van der Waals surface area contributed by atoms with E-state index >= 15 is 0 Å². The average molecular weight is 428 g/mol. The van der Waals surface area contributed by atoms with Crippen molar-refractivity contribution in [1.29, 1.82) is 0 Å². The number of amides is 1. The van der Waals surface area contributed by atoms with Gasteiger partial charge in [-0.25, -0.2) is 24.3 Å². The Morgan fingerprint density at radius 2 is 2.12 bits per heavy atom. The van der Waals surface area contributed by atoms with Crippen LogP contribution in [0.25, 0.3) is 28.3 Å². The molecule has 160 valence electrons. The number of carbonyl (C=O) groups excluding carboxylic acids is 1. The zero-order valence-electron chi connectivity index (χ0n) is 17.5. The second-order valence-electron chi connectivity index (χ2n) is 7.46. The monoisotopic (exact) mass is 428 g/mol. The maximum absolute atomic E-state index is 13.3. The summed E-state index contributed by atoms with van der Waals surface area (Å²) in [5, 5.41) is 12.2. The summed E-state index contributed by atoms with van der Waals surface area (Å²) in [7, 11) is 0. The van der Waals surface area contributed by atoms with Crippen LogP contribution in [0.3, 0.4) is 0 Å². The molecule has 0 spiro atoms. The molecule has 0 saturated heterocycles. The molecule has 0 bridgehead atoms. The molecule has 0 saturated carbocycles. The fraction of sp³-hybridized carbons (Fsp3) is 0.182. The Hall–Kier alpha value is -4.34. The van der Waals surface area contributed by atoms with E-state index in [4.69, 9.17) is 9.40 Å². The molecule has 32 heavy (non-hydrogen) atoms. The molecule has 1 amide bonds. The maximum Gasteiger partial charge on any atom is 0.252 e. The molecule has 5 rings (SSSR count). The highest BCUT2D eigenvalue weighted by atomic mass is 16.3.